The number of halogens is 5. The van der Waals surface area contributed by atoms with Crippen LogP contribution in [0.15, 0.2) is 57.5 Å². The summed E-state index contributed by atoms with van der Waals surface area (Å²) in [7, 11) is 7.36. The fourth-order valence-corrected chi connectivity index (χ4v) is 2.75. The Morgan fingerprint density at radius 3 is 1.58 bits per heavy atom. The lowest BCUT2D eigenvalue weighted by atomic mass is 10.1. The van der Waals surface area contributed by atoms with Crippen LogP contribution in [-0.2, 0) is 18.8 Å². The highest BCUT2D eigenvalue weighted by Gasteiger charge is 1.99. The molecule has 10 heteroatoms. The van der Waals surface area contributed by atoms with Crippen molar-refractivity contribution >= 4 is 97.4 Å². The minimum absolute atomic E-state index is 0. The molecule has 2 aromatic carbocycles. The molecule has 0 aliphatic rings. The largest absolute Gasteiger partial charge is 0.478 e. The predicted molar refractivity (Wildman–Crippen MR) is 141 cm³/mol. The highest BCUT2D eigenvalue weighted by atomic mass is 79.9. The Morgan fingerprint density at radius 2 is 1.26 bits per heavy atom. The standard InChI is InChI=1S/C10H8BrClO.C10H9BrO2.CH4.Cl2OS/c2*1-7-8(5-6-10(12)13)3-2-4-9(7)11;;1-4(2)3/h2-6H,1H3;2-6H,1H3,(H,12,13);1H4;. The first-order chi connectivity index (χ1) is 14.0. The number of aliphatic carboxylic acids is 1. The third-order valence-corrected chi connectivity index (χ3v) is 5.26. The molecular weight excluding hydrogens is 614 g/mol. The first-order valence-corrected chi connectivity index (χ1v) is 12.7. The van der Waals surface area contributed by atoms with Gasteiger partial charge in [-0.1, -0.05) is 63.6 Å². The van der Waals surface area contributed by atoms with Crippen LogP contribution in [0.2, 0.25) is 0 Å². The van der Waals surface area contributed by atoms with E-state index in [-0.39, 0.29) is 7.43 Å². The summed E-state index contributed by atoms with van der Waals surface area (Å²) in [5, 5.41) is 7.98. The van der Waals surface area contributed by atoms with Crippen LogP contribution in [0.4, 0.5) is 0 Å². The van der Waals surface area contributed by atoms with Crippen LogP contribution in [0.3, 0.4) is 0 Å². The highest BCUT2D eigenvalue weighted by molar-refractivity contribution is 9.10. The zero-order chi connectivity index (χ0) is 23.3. The summed E-state index contributed by atoms with van der Waals surface area (Å²) in [5.41, 5.74) is 4.04. The monoisotopic (exact) mass is 632 g/mol. The summed E-state index contributed by atoms with van der Waals surface area (Å²) in [6.45, 7) is 3.91. The Hall–Kier alpha value is -0.960. The van der Waals surface area contributed by atoms with Crippen LogP contribution in [0, 0.1) is 13.8 Å². The van der Waals surface area contributed by atoms with Crippen molar-refractivity contribution in [2.75, 3.05) is 0 Å². The van der Waals surface area contributed by atoms with E-state index in [1.165, 1.54) is 6.08 Å². The van der Waals surface area contributed by atoms with Gasteiger partial charge in [0.25, 0.3) is 0 Å². The van der Waals surface area contributed by atoms with Gasteiger partial charge in [0.05, 0.1) is 0 Å². The molecule has 0 unspecified atom stereocenters. The highest BCUT2D eigenvalue weighted by Crippen LogP contribution is 2.21. The molecule has 0 radical (unpaired) electrons. The summed E-state index contributed by atoms with van der Waals surface area (Å²) in [6, 6.07) is 11.5. The molecule has 170 valence electrons. The second kappa shape index (κ2) is 17.6. The molecule has 0 aliphatic heterocycles. The maximum absolute atomic E-state index is 10.5. The van der Waals surface area contributed by atoms with Gasteiger partial charge in [-0.15, -0.1) is 0 Å². The lowest BCUT2D eigenvalue weighted by Gasteiger charge is -2.01. The van der Waals surface area contributed by atoms with E-state index in [0.29, 0.717) is 0 Å². The molecule has 2 rings (SSSR count). The topological polar surface area (TPSA) is 71.4 Å². The lowest BCUT2D eigenvalue weighted by Crippen LogP contribution is -1.87. The van der Waals surface area contributed by atoms with Crippen LogP contribution in [-0.4, -0.2) is 20.5 Å². The molecule has 0 heterocycles. The number of carboxylic acids is 1. The summed E-state index contributed by atoms with van der Waals surface area (Å²) in [6.07, 6.45) is 5.77. The zero-order valence-corrected chi connectivity index (χ0v) is 22.0. The smallest absolute Gasteiger partial charge is 0.328 e. The van der Waals surface area contributed by atoms with E-state index in [4.69, 9.17) is 20.9 Å². The van der Waals surface area contributed by atoms with Crippen molar-refractivity contribution in [2.45, 2.75) is 21.3 Å². The van der Waals surface area contributed by atoms with Crippen molar-refractivity contribution in [1.29, 1.82) is 0 Å². The number of benzene rings is 2. The quantitative estimate of drug-likeness (QED) is 0.273. The molecule has 0 atom stereocenters. The van der Waals surface area contributed by atoms with Gasteiger partial charge in [-0.2, -0.15) is 0 Å². The van der Waals surface area contributed by atoms with Crippen molar-refractivity contribution < 1.29 is 18.9 Å². The SMILES string of the molecule is C.Cc1c(Br)cccc1C=CC(=O)Cl.Cc1c(Br)cccc1C=CC(=O)O.O=S(Cl)Cl. The van der Waals surface area contributed by atoms with E-state index >= 15 is 0 Å². The van der Waals surface area contributed by atoms with Gasteiger partial charge in [0, 0.05) is 36.4 Å². The normalized spacial score (nSPS) is 10.1. The van der Waals surface area contributed by atoms with E-state index in [1.54, 1.807) is 12.2 Å². The molecule has 0 bridgehead atoms. The second-order valence-electron chi connectivity index (χ2n) is 5.40. The van der Waals surface area contributed by atoms with Crippen LogP contribution in [0.5, 0.6) is 0 Å². The maximum Gasteiger partial charge on any atom is 0.328 e. The number of allylic oxidation sites excluding steroid dienone is 1. The Bertz CT molecular complexity index is 888. The number of carbonyl (C=O) groups is 2. The van der Waals surface area contributed by atoms with Gasteiger partial charge in [0.15, 0.2) is 0 Å². The molecule has 0 fully saturated rings. The first-order valence-electron chi connectivity index (χ1n) is 7.98. The Morgan fingerprint density at radius 1 is 0.903 bits per heavy atom. The molecule has 0 amide bonds. The van der Waals surface area contributed by atoms with Crippen LogP contribution in [0.25, 0.3) is 12.2 Å². The van der Waals surface area contributed by atoms with Crippen LogP contribution >= 0.6 is 64.8 Å². The van der Waals surface area contributed by atoms with E-state index in [2.05, 4.69) is 53.2 Å². The maximum atomic E-state index is 10.5. The van der Waals surface area contributed by atoms with Gasteiger partial charge < -0.3 is 5.11 Å². The van der Waals surface area contributed by atoms with Crippen molar-refractivity contribution in [1.82, 2.24) is 0 Å². The van der Waals surface area contributed by atoms with Crippen LogP contribution in [0.1, 0.15) is 29.7 Å². The fraction of sp³-hybridized carbons (Fsp3) is 0.143. The van der Waals surface area contributed by atoms with Gasteiger partial charge in [0.1, 0.15) is 0 Å². The third kappa shape index (κ3) is 15.5. The van der Waals surface area contributed by atoms with Crippen molar-refractivity contribution in [3.63, 3.8) is 0 Å². The molecule has 4 nitrogen and oxygen atoms in total. The number of hydrogen-bond acceptors (Lipinski definition) is 3. The zero-order valence-electron chi connectivity index (χ0n) is 15.7. The molecule has 0 aliphatic carbocycles. The predicted octanol–water partition coefficient (Wildman–Crippen LogP) is 8.07. The Labute approximate surface area is 216 Å². The Kier molecular flexibility index (Phi) is 18.3. The molecule has 1 N–H and O–H groups in total. The van der Waals surface area contributed by atoms with E-state index in [1.807, 2.05) is 50.2 Å². The van der Waals surface area contributed by atoms with E-state index in [0.717, 1.165) is 37.3 Å². The minimum atomic E-state index is -1.67. The Balaban J connectivity index is 0. The van der Waals surface area contributed by atoms with Gasteiger partial charge in [0.2, 0.25) is 14.5 Å². The van der Waals surface area contributed by atoms with Crippen LogP contribution < -0.4 is 0 Å². The molecule has 31 heavy (non-hydrogen) atoms. The molecule has 0 aromatic heterocycles. The average Bonchev–Trinajstić information content (AvgIpc) is 2.64. The summed E-state index contributed by atoms with van der Waals surface area (Å²) >= 11 is 12.0. The first kappa shape index (κ1) is 32.2. The second-order valence-corrected chi connectivity index (χ2v) is 10.0. The summed E-state index contributed by atoms with van der Waals surface area (Å²) < 4.78 is 11.1. The lowest BCUT2D eigenvalue weighted by molar-refractivity contribution is -0.131. The van der Waals surface area contributed by atoms with Crippen molar-refractivity contribution in [3.05, 3.63) is 79.7 Å². The van der Waals surface area contributed by atoms with Gasteiger partial charge >= 0.3 is 5.97 Å². The number of carbonyl (C=O) groups excluding carboxylic acids is 1. The van der Waals surface area contributed by atoms with Crippen molar-refractivity contribution in [2.24, 2.45) is 0 Å². The molecule has 2 aromatic rings. The van der Waals surface area contributed by atoms with E-state index in [9.17, 15) is 9.59 Å². The molecule has 0 saturated carbocycles. The summed E-state index contributed by atoms with van der Waals surface area (Å²) in [4.78, 5) is 20.8. The van der Waals surface area contributed by atoms with Crippen molar-refractivity contribution in [3.8, 4) is 0 Å². The molecule has 0 saturated heterocycles. The van der Waals surface area contributed by atoms with Gasteiger partial charge in [-0.3, -0.25) is 4.79 Å². The number of rotatable bonds is 4. The fourth-order valence-electron chi connectivity index (χ4n) is 1.93. The number of carboxylic acid groups (broad SMARTS) is 1. The molecular formula is C21H21Br2Cl3O4S. The minimum Gasteiger partial charge on any atom is -0.478 e. The van der Waals surface area contributed by atoms with E-state index < -0.39 is 20.4 Å². The average molecular weight is 636 g/mol. The summed E-state index contributed by atoms with van der Waals surface area (Å²) in [5.74, 6) is -0.931. The van der Waals surface area contributed by atoms with Gasteiger partial charge in [-0.25, -0.2) is 9.00 Å². The molecule has 0 spiro atoms. The number of hydrogen-bond donors (Lipinski definition) is 1. The third-order valence-electron chi connectivity index (χ3n) is 3.42. The van der Waals surface area contributed by atoms with Gasteiger partial charge in [-0.05, 0) is 78.1 Å².